The Hall–Kier alpha value is -1.69. The molecule has 21 heavy (non-hydrogen) atoms. The van der Waals surface area contributed by atoms with Gasteiger partial charge in [0.15, 0.2) is 0 Å². The summed E-state index contributed by atoms with van der Waals surface area (Å²) >= 11 is 0. The summed E-state index contributed by atoms with van der Waals surface area (Å²) in [5, 5.41) is 4.24. The Kier molecular flexibility index (Phi) is 4.05. The monoisotopic (exact) mass is 290 g/mol. The number of amides is 1. The molecular weight excluding hydrogens is 268 g/mol. The van der Waals surface area contributed by atoms with E-state index in [0.29, 0.717) is 18.4 Å². The van der Waals surface area contributed by atoms with Crippen LogP contribution in [0.25, 0.3) is 0 Å². The van der Waals surface area contributed by atoms with Crippen molar-refractivity contribution in [3.63, 3.8) is 0 Å². The number of hydrogen-bond acceptors (Lipinski definition) is 4. The molecule has 0 bridgehead atoms. The van der Waals surface area contributed by atoms with Gasteiger partial charge in [-0.25, -0.2) is 4.68 Å². The first kappa shape index (κ1) is 14.3. The molecule has 1 saturated heterocycles. The van der Waals surface area contributed by atoms with Gasteiger partial charge in [0.25, 0.3) is 5.56 Å². The third kappa shape index (κ3) is 3.50. The topological polar surface area (TPSA) is 58.4 Å². The van der Waals surface area contributed by atoms with E-state index in [0.717, 1.165) is 51.3 Å². The maximum Gasteiger partial charge on any atom is 0.266 e. The van der Waals surface area contributed by atoms with Crippen LogP contribution in [0, 0.1) is 12.8 Å². The molecule has 0 N–H and O–H groups in total. The molecule has 0 radical (unpaired) electrons. The molecule has 1 aromatic rings. The Labute approximate surface area is 124 Å². The molecule has 2 aliphatic rings. The third-order valence-electron chi connectivity index (χ3n) is 4.24. The molecule has 2 fully saturated rings. The van der Waals surface area contributed by atoms with Crippen molar-refractivity contribution in [2.75, 3.05) is 32.7 Å². The van der Waals surface area contributed by atoms with Crippen LogP contribution in [0.15, 0.2) is 16.9 Å². The normalized spacial score (nSPS) is 19.8. The molecule has 0 spiro atoms. The van der Waals surface area contributed by atoms with Gasteiger partial charge in [-0.3, -0.25) is 14.5 Å². The van der Waals surface area contributed by atoms with Gasteiger partial charge in [-0.15, -0.1) is 0 Å². The molecule has 0 aromatic carbocycles. The second kappa shape index (κ2) is 5.97. The Morgan fingerprint density at radius 1 is 1.19 bits per heavy atom. The van der Waals surface area contributed by atoms with Gasteiger partial charge in [0, 0.05) is 44.7 Å². The molecule has 1 saturated carbocycles. The van der Waals surface area contributed by atoms with Crippen LogP contribution in [0.3, 0.4) is 0 Å². The van der Waals surface area contributed by atoms with Gasteiger partial charge in [0.1, 0.15) is 0 Å². The second-order valence-corrected chi connectivity index (χ2v) is 5.98. The summed E-state index contributed by atoms with van der Waals surface area (Å²) in [5.41, 5.74) is 0.803. The van der Waals surface area contributed by atoms with Gasteiger partial charge >= 0.3 is 0 Å². The highest BCUT2D eigenvalue weighted by Crippen LogP contribution is 2.31. The van der Waals surface area contributed by atoms with E-state index in [2.05, 4.69) is 10.00 Å². The molecule has 6 nitrogen and oxygen atoms in total. The van der Waals surface area contributed by atoms with E-state index in [4.69, 9.17) is 0 Å². The summed E-state index contributed by atoms with van der Waals surface area (Å²) in [6, 6.07) is 3.30. The van der Waals surface area contributed by atoms with E-state index < -0.39 is 0 Å². The number of nitrogens with zero attached hydrogens (tertiary/aromatic N) is 4. The van der Waals surface area contributed by atoms with E-state index in [9.17, 15) is 9.59 Å². The molecule has 1 aliphatic carbocycles. The fourth-order valence-electron chi connectivity index (χ4n) is 2.73. The molecule has 114 valence electrons. The molecule has 0 unspecified atom stereocenters. The third-order valence-corrected chi connectivity index (χ3v) is 4.24. The number of rotatable bonds is 4. The Morgan fingerprint density at radius 2 is 1.90 bits per heavy atom. The molecule has 1 aromatic heterocycles. The van der Waals surface area contributed by atoms with Crippen molar-refractivity contribution in [2.45, 2.75) is 26.3 Å². The smallest absolute Gasteiger partial charge is 0.266 e. The van der Waals surface area contributed by atoms with Gasteiger partial charge in [0.2, 0.25) is 5.91 Å². The lowest BCUT2D eigenvalue weighted by molar-refractivity contribution is -0.134. The molecular formula is C15H22N4O2. The first-order valence-electron chi connectivity index (χ1n) is 7.69. The van der Waals surface area contributed by atoms with E-state index in [1.54, 1.807) is 12.1 Å². The summed E-state index contributed by atoms with van der Waals surface area (Å²) in [7, 11) is 0. The molecule has 1 aliphatic heterocycles. The lowest BCUT2D eigenvalue weighted by Gasteiger charge is -2.34. The molecule has 0 atom stereocenters. The molecule has 6 heteroatoms. The predicted octanol–water partition coefficient (Wildman–Crippen LogP) is 0.106. The Morgan fingerprint density at radius 3 is 2.57 bits per heavy atom. The van der Waals surface area contributed by atoms with Crippen LogP contribution in [-0.2, 0) is 11.3 Å². The van der Waals surface area contributed by atoms with E-state index >= 15 is 0 Å². The summed E-state index contributed by atoms with van der Waals surface area (Å²) in [5.74, 6) is 0.651. The molecule has 1 amide bonds. The average Bonchev–Trinajstić information content (AvgIpc) is 3.33. The SMILES string of the molecule is Cc1ccc(=O)n(CCN2CCN(C(=O)C3CC3)CC2)n1. The van der Waals surface area contributed by atoms with Crippen LogP contribution in [-0.4, -0.2) is 58.2 Å². The number of aromatic nitrogens is 2. The van der Waals surface area contributed by atoms with Gasteiger partial charge in [-0.05, 0) is 25.8 Å². The number of hydrogen-bond donors (Lipinski definition) is 0. The van der Waals surface area contributed by atoms with Gasteiger partial charge in [0.05, 0.1) is 12.2 Å². The number of piperazine rings is 1. The number of aryl methyl sites for hydroxylation is 1. The second-order valence-electron chi connectivity index (χ2n) is 5.98. The van der Waals surface area contributed by atoms with E-state index in [-0.39, 0.29) is 5.56 Å². The van der Waals surface area contributed by atoms with Crippen LogP contribution in [0.1, 0.15) is 18.5 Å². The largest absolute Gasteiger partial charge is 0.340 e. The zero-order chi connectivity index (χ0) is 14.8. The summed E-state index contributed by atoms with van der Waals surface area (Å²) in [6.45, 7) is 6.70. The number of carbonyl (C=O) groups excluding carboxylic acids is 1. The van der Waals surface area contributed by atoms with Crippen LogP contribution in [0.4, 0.5) is 0 Å². The summed E-state index contributed by atoms with van der Waals surface area (Å²) in [4.78, 5) is 28.0. The van der Waals surface area contributed by atoms with Gasteiger partial charge in [-0.2, -0.15) is 5.10 Å². The van der Waals surface area contributed by atoms with Crippen molar-refractivity contribution in [1.29, 1.82) is 0 Å². The average molecular weight is 290 g/mol. The van der Waals surface area contributed by atoms with Crippen molar-refractivity contribution >= 4 is 5.91 Å². The van der Waals surface area contributed by atoms with E-state index in [1.165, 1.54) is 4.68 Å². The highest BCUT2D eigenvalue weighted by atomic mass is 16.2. The highest BCUT2D eigenvalue weighted by Gasteiger charge is 2.34. The number of carbonyl (C=O) groups is 1. The van der Waals surface area contributed by atoms with Crippen molar-refractivity contribution < 1.29 is 4.79 Å². The quantitative estimate of drug-likeness (QED) is 0.789. The minimum Gasteiger partial charge on any atom is -0.340 e. The summed E-state index contributed by atoms with van der Waals surface area (Å²) in [6.07, 6.45) is 2.14. The van der Waals surface area contributed by atoms with Crippen LogP contribution < -0.4 is 5.56 Å². The maximum atomic E-state index is 12.0. The first-order chi connectivity index (χ1) is 10.1. The van der Waals surface area contributed by atoms with Gasteiger partial charge < -0.3 is 4.90 Å². The van der Waals surface area contributed by atoms with Crippen LogP contribution in [0.2, 0.25) is 0 Å². The van der Waals surface area contributed by atoms with Crippen molar-refractivity contribution in [3.05, 3.63) is 28.2 Å². The van der Waals surface area contributed by atoms with Crippen molar-refractivity contribution in [1.82, 2.24) is 19.6 Å². The van der Waals surface area contributed by atoms with Crippen LogP contribution >= 0.6 is 0 Å². The first-order valence-corrected chi connectivity index (χ1v) is 7.69. The van der Waals surface area contributed by atoms with Gasteiger partial charge in [-0.1, -0.05) is 0 Å². The van der Waals surface area contributed by atoms with Crippen molar-refractivity contribution in [3.8, 4) is 0 Å². The zero-order valence-electron chi connectivity index (χ0n) is 12.5. The lowest BCUT2D eigenvalue weighted by atomic mass is 10.2. The fourth-order valence-corrected chi connectivity index (χ4v) is 2.73. The Balaban J connectivity index is 1.48. The molecule has 2 heterocycles. The maximum absolute atomic E-state index is 12.0. The summed E-state index contributed by atoms with van der Waals surface area (Å²) < 4.78 is 1.52. The fraction of sp³-hybridized carbons (Fsp3) is 0.667. The van der Waals surface area contributed by atoms with E-state index in [1.807, 2.05) is 11.8 Å². The molecule has 3 rings (SSSR count). The minimum atomic E-state index is -0.0526. The highest BCUT2D eigenvalue weighted by molar-refractivity contribution is 5.81. The predicted molar refractivity (Wildman–Crippen MR) is 79.0 cm³/mol. The zero-order valence-corrected chi connectivity index (χ0v) is 12.5. The Bertz CT molecular complexity index is 571. The lowest BCUT2D eigenvalue weighted by Crippen LogP contribution is -2.50. The van der Waals surface area contributed by atoms with Crippen molar-refractivity contribution in [2.24, 2.45) is 5.92 Å². The standard InChI is InChI=1S/C15H22N4O2/c1-12-2-5-14(20)19(16-12)11-8-17-6-9-18(10-7-17)15(21)13-3-4-13/h2,5,13H,3-4,6-11H2,1H3. The minimum absolute atomic E-state index is 0.0526. The van der Waals surface area contributed by atoms with Crippen LogP contribution in [0.5, 0.6) is 0 Å².